The van der Waals surface area contributed by atoms with E-state index in [9.17, 15) is 4.79 Å². The number of halogens is 1. The van der Waals surface area contributed by atoms with Gasteiger partial charge >= 0.3 is 5.97 Å². The fourth-order valence-electron chi connectivity index (χ4n) is 3.73. The van der Waals surface area contributed by atoms with Crippen LogP contribution in [0.5, 0.6) is 0 Å². The van der Waals surface area contributed by atoms with Crippen LogP contribution in [0, 0.1) is 0 Å². The lowest BCUT2D eigenvalue weighted by Gasteiger charge is -2.10. The van der Waals surface area contributed by atoms with Gasteiger partial charge in [0.05, 0.1) is 17.1 Å². The van der Waals surface area contributed by atoms with E-state index >= 15 is 0 Å². The van der Waals surface area contributed by atoms with Gasteiger partial charge in [0.1, 0.15) is 23.5 Å². The number of hydrogen-bond acceptors (Lipinski definition) is 6. The van der Waals surface area contributed by atoms with E-state index < -0.39 is 5.97 Å². The van der Waals surface area contributed by atoms with Gasteiger partial charge in [-0.1, -0.05) is 28.1 Å². The molecule has 8 heteroatoms. The smallest absolute Gasteiger partial charge is 0.344 e. The Morgan fingerprint density at radius 3 is 2.60 bits per heavy atom. The van der Waals surface area contributed by atoms with Crippen molar-refractivity contribution in [3.05, 3.63) is 58.6 Å². The van der Waals surface area contributed by atoms with Crippen LogP contribution in [0.4, 0.5) is 5.82 Å². The zero-order chi connectivity index (χ0) is 20.7. The lowest BCUT2D eigenvalue weighted by molar-refractivity contribution is 0.0163. The Labute approximate surface area is 180 Å². The largest absolute Gasteiger partial charge is 0.459 e. The van der Waals surface area contributed by atoms with Gasteiger partial charge in [-0.2, -0.15) is 0 Å². The quantitative estimate of drug-likeness (QED) is 0.451. The fraction of sp³-hybridized carbons (Fsp3) is 0.227. The van der Waals surface area contributed by atoms with E-state index in [0.717, 1.165) is 28.5 Å². The van der Waals surface area contributed by atoms with E-state index in [4.69, 9.17) is 25.2 Å². The Balaban J connectivity index is 1.66. The Morgan fingerprint density at radius 2 is 1.90 bits per heavy atom. The van der Waals surface area contributed by atoms with Gasteiger partial charge in [-0.3, -0.25) is 4.57 Å². The van der Waals surface area contributed by atoms with E-state index in [2.05, 4.69) is 15.9 Å². The van der Waals surface area contributed by atoms with Crippen molar-refractivity contribution in [3.63, 3.8) is 0 Å². The molecule has 0 spiro atoms. The highest BCUT2D eigenvalue weighted by Gasteiger charge is 2.27. The molecule has 1 unspecified atom stereocenters. The molecule has 0 saturated carbocycles. The number of nitrogens with two attached hydrogens (primary N) is 1. The third-order valence-corrected chi connectivity index (χ3v) is 5.74. The first-order valence-electron chi connectivity index (χ1n) is 9.73. The molecule has 0 amide bonds. The van der Waals surface area contributed by atoms with Gasteiger partial charge < -0.3 is 15.2 Å². The predicted molar refractivity (Wildman–Crippen MR) is 118 cm³/mol. The lowest BCUT2D eigenvalue weighted by atomic mass is 10.2. The van der Waals surface area contributed by atoms with Crippen LogP contribution in [0.3, 0.4) is 0 Å². The standard InChI is InChI=1S/C22H19BrN4O3/c23-13-7-9-14(10-8-13)27-20(24)18(22(28)30-12-15-4-3-11-29-15)19-21(27)26-17-6-2-1-5-16(17)25-19/h1-2,5-10,15H,3-4,11-12,24H2. The van der Waals surface area contributed by atoms with Gasteiger partial charge in [0, 0.05) is 16.8 Å². The third kappa shape index (κ3) is 3.32. The van der Waals surface area contributed by atoms with E-state index in [0.29, 0.717) is 23.3 Å². The average molecular weight is 467 g/mol. The molecule has 0 aliphatic carbocycles. The highest BCUT2D eigenvalue weighted by Crippen LogP contribution is 2.32. The zero-order valence-corrected chi connectivity index (χ0v) is 17.6. The van der Waals surface area contributed by atoms with Crippen molar-refractivity contribution in [2.75, 3.05) is 18.9 Å². The number of nitrogens with zero attached hydrogens (tertiary/aromatic N) is 3. The number of carbonyl (C=O) groups excluding carboxylic acids is 1. The number of aromatic nitrogens is 3. The van der Waals surface area contributed by atoms with Gasteiger partial charge in [0.2, 0.25) is 0 Å². The molecule has 1 fully saturated rings. The minimum absolute atomic E-state index is 0.0677. The van der Waals surface area contributed by atoms with Crippen LogP contribution >= 0.6 is 15.9 Å². The number of carbonyl (C=O) groups is 1. The number of para-hydroxylation sites is 2. The summed E-state index contributed by atoms with van der Waals surface area (Å²) in [7, 11) is 0. The first-order chi connectivity index (χ1) is 14.6. The minimum Gasteiger partial charge on any atom is -0.459 e. The van der Waals surface area contributed by atoms with E-state index in [-0.39, 0.29) is 24.1 Å². The minimum atomic E-state index is -0.520. The van der Waals surface area contributed by atoms with Gasteiger partial charge in [-0.15, -0.1) is 0 Å². The van der Waals surface area contributed by atoms with Gasteiger partial charge in [0.15, 0.2) is 5.65 Å². The molecule has 5 rings (SSSR count). The van der Waals surface area contributed by atoms with Crippen molar-refractivity contribution in [3.8, 4) is 5.69 Å². The maximum absolute atomic E-state index is 13.0. The molecular formula is C22H19BrN4O3. The topological polar surface area (TPSA) is 92.3 Å². The summed E-state index contributed by atoms with van der Waals surface area (Å²) in [5.74, 6) is -0.270. The predicted octanol–water partition coefficient (Wildman–Crippen LogP) is 4.25. The van der Waals surface area contributed by atoms with Crippen LogP contribution < -0.4 is 5.73 Å². The molecule has 2 aromatic carbocycles. The summed E-state index contributed by atoms with van der Waals surface area (Å²) in [6.07, 6.45) is 1.79. The molecule has 7 nitrogen and oxygen atoms in total. The third-order valence-electron chi connectivity index (χ3n) is 5.21. The van der Waals surface area contributed by atoms with Crippen LogP contribution in [0.25, 0.3) is 27.9 Å². The number of nitrogen functional groups attached to an aromatic ring is 1. The van der Waals surface area contributed by atoms with E-state index in [1.165, 1.54) is 0 Å². The zero-order valence-electron chi connectivity index (χ0n) is 16.0. The SMILES string of the molecule is Nc1c(C(=O)OCC2CCCO2)c2nc3ccccc3nc2n1-c1ccc(Br)cc1. The van der Waals surface area contributed by atoms with Crippen molar-refractivity contribution in [2.45, 2.75) is 18.9 Å². The number of fused-ring (bicyclic) bond motifs is 2. The number of ether oxygens (including phenoxy) is 2. The van der Waals surface area contributed by atoms with Crippen LogP contribution in [-0.2, 0) is 9.47 Å². The molecule has 3 heterocycles. The summed E-state index contributed by atoms with van der Waals surface area (Å²) < 4.78 is 13.8. The van der Waals surface area contributed by atoms with Gasteiger partial charge in [0.25, 0.3) is 0 Å². The number of benzene rings is 2. The normalized spacial score (nSPS) is 16.4. The number of anilines is 1. The molecular weight excluding hydrogens is 448 g/mol. The molecule has 1 aliphatic heterocycles. The molecule has 0 radical (unpaired) electrons. The number of esters is 1. The van der Waals surface area contributed by atoms with Crippen LogP contribution in [-0.4, -0.2) is 39.8 Å². The lowest BCUT2D eigenvalue weighted by Crippen LogP contribution is -2.18. The molecule has 1 aliphatic rings. The van der Waals surface area contributed by atoms with Crippen molar-refractivity contribution in [2.24, 2.45) is 0 Å². The van der Waals surface area contributed by atoms with Crippen LogP contribution in [0.15, 0.2) is 53.0 Å². The fourth-order valence-corrected chi connectivity index (χ4v) is 4.00. The molecule has 30 heavy (non-hydrogen) atoms. The monoisotopic (exact) mass is 466 g/mol. The highest BCUT2D eigenvalue weighted by atomic mass is 79.9. The van der Waals surface area contributed by atoms with Crippen LogP contribution in [0.1, 0.15) is 23.2 Å². The Kier molecular flexibility index (Phi) is 4.88. The Hall–Kier alpha value is -2.97. The Bertz CT molecular complexity index is 1250. The van der Waals surface area contributed by atoms with E-state index in [1.54, 1.807) is 4.57 Å². The summed E-state index contributed by atoms with van der Waals surface area (Å²) in [4.78, 5) is 22.5. The average Bonchev–Trinajstić information content (AvgIpc) is 3.37. The van der Waals surface area contributed by atoms with Crippen molar-refractivity contribution in [1.82, 2.24) is 14.5 Å². The molecule has 1 atom stereocenters. The van der Waals surface area contributed by atoms with Crippen molar-refractivity contribution in [1.29, 1.82) is 0 Å². The second-order valence-electron chi connectivity index (χ2n) is 7.19. The van der Waals surface area contributed by atoms with Gasteiger partial charge in [-0.05, 0) is 49.2 Å². The summed E-state index contributed by atoms with van der Waals surface area (Å²) in [5.41, 5.74) is 9.82. The molecule has 2 N–H and O–H groups in total. The molecule has 152 valence electrons. The number of hydrogen-bond donors (Lipinski definition) is 1. The maximum Gasteiger partial charge on any atom is 0.344 e. The molecule has 4 aromatic rings. The first-order valence-corrected chi connectivity index (χ1v) is 10.5. The molecule has 0 bridgehead atoms. The van der Waals surface area contributed by atoms with E-state index in [1.807, 2.05) is 48.5 Å². The van der Waals surface area contributed by atoms with Crippen molar-refractivity contribution < 1.29 is 14.3 Å². The summed E-state index contributed by atoms with van der Waals surface area (Å²) in [6, 6.07) is 15.1. The maximum atomic E-state index is 13.0. The second-order valence-corrected chi connectivity index (χ2v) is 8.11. The molecule has 2 aromatic heterocycles. The van der Waals surface area contributed by atoms with Crippen LogP contribution in [0.2, 0.25) is 0 Å². The second kappa shape index (κ2) is 7.70. The summed E-state index contributed by atoms with van der Waals surface area (Å²) in [5, 5.41) is 0. The molecule has 1 saturated heterocycles. The van der Waals surface area contributed by atoms with Crippen molar-refractivity contribution >= 4 is 49.9 Å². The van der Waals surface area contributed by atoms with Gasteiger partial charge in [-0.25, -0.2) is 14.8 Å². The Morgan fingerprint density at radius 1 is 1.17 bits per heavy atom. The summed E-state index contributed by atoms with van der Waals surface area (Å²) in [6.45, 7) is 0.898. The summed E-state index contributed by atoms with van der Waals surface area (Å²) >= 11 is 3.45. The highest BCUT2D eigenvalue weighted by molar-refractivity contribution is 9.10. The first kappa shape index (κ1) is 19.0. The number of rotatable bonds is 4.